The Kier molecular flexibility index (Phi) is 2.93. The Labute approximate surface area is 82.8 Å². The van der Waals surface area contributed by atoms with Gasteiger partial charge in [0.25, 0.3) is 0 Å². The van der Waals surface area contributed by atoms with E-state index in [1.54, 1.807) is 12.5 Å². The van der Waals surface area contributed by atoms with E-state index in [0.717, 1.165) is 24.5 Å². The number of hydrogen-bond donors (Lipinski definition) is 1. The van der Waals surface area contributed by atoms with Crippen LogP contribution in [0.3, 0.4) is 0 Å². The first-order valence-electron chi connectivity index (χ1n) is 4.58. The fourth-order valence-corrected chi connectivity index (χ4v) is 1.23. The normalized spacial score (nSPS) is 10.3. The average molecular weight is 188 g/mol. The summed E-state index contributed by atoms with van der Waals surface area (Å²) in [6, 6.07) is 9.73. The smallest absolute Gasteiger partial charge is 0.117 e. The van der Waals surface area contributed by atoms with E-state index >= 15 is 0 Å². The van der Waals surface area contributed by atoms with Gasteiger partial charge in [0.2, 0.25) is 0 Å². The third kappa shape index (κ3) is 2.44. The van der Waals surface area contributed by atoms with Gasteiger partial charge < -0.3 is 9.73 Å². The quantitative estimate of drug-likeness (QED) is 0.797. The second-order valence-corrected chi connectivity index (χ2v) is 3.00. The molecule has 2 aromatic heterocycles. The van der Waals surface area contributed by atoms with E-state index in [1.807, 2.05) is 30.3 Å². The molecule has 0 amide bonds. The molecular formula is C11H12N2O. The highest BCUT2D eigenvalue weighted by molar-refractivity contribution is 5.03. The van der Waals surface area contributed by atoms with Gasteiger partial charge in [0.05, 0.1) is 18.5 Å². The molecule has 0 spiro atoms. The van der Waals surface area contributed by atoms with Gasteiger partial charge >= 0.3 is 0 Å². The Morgan fingerprint density at radius 1 is 1.14 bits per heavy atom. The van der Waals surface area contributed by atoms with Gasteiger partial charge in [-0.1, -0.05) is 6.07 Å². The van der Waals surface area contributed by atoms with Crippen LogP contribution in [0.15, 0.2) is 47.2 Å². The summed E-state index contributed by atoms with van der Waals surface area (Å²) in [5.74, 6) is 0.945. The molecule has 0 saturated heterocycles. The molecule has 0 fully saturated rings. The molecule has 72 valence electrons. The Bertz CT molecular complexity index is 356. The van der Waals surface area contributed by atoms with Crippen molar-refractivity contribution >= 4 is 0 Å². The van der Waals surface area contributed by atoms with E-state index in [9.17, 15) is 0 Å². The van der Waals surface area contributed by atoms with Crippen LogP contribution in [0.1, 0.15) is 11.5 Å². The van der Waals surface area contributed by atoms with Gasteiger partial charge in [-0.3, -0.25) is 4.98 Å². The molecule has 3 nitrogen and oxygen atoms in total. The van der Waals surface area contributed by atoms with Gasteiger partial charge in [-0.2, -0.15) is 0 Å². The fourth-order valence-electron chi connectivity index (χ4n) is 1.23. The fraction of sp³-hybridized carbons (Fsp3) is 0.182. The molecule has 0 aliphatic rings. The molecule has 0 aromatic carbocycles. The topological polar surface area (TPSA) is 38.1 Å². The third-order valence-corrected chi connectivity index (χ3v) is 1.91. The predicted octanol–water partition coefficient (Wildman–Crippen LogP) is 1.96. The van der Waals surface area contributed by atoms with Crippen molar-refractivity contribution in [2.45, 2.75) is 13.1 Å². The lowest BCUT2D eigenvalue weighted by Gasteiger charge is -2.01. The zero-order chi connectivity index (χ0) is 9.64. The number of nitrogens with one attached hydrogen (secondary N) is 1. The largest absolute Gasteiger partial charge is 0.468 e. The number of nitrogens with zero attached hydrogens (tertiary/aromatic N) is 1. The minimum Gasteiger partial charge on any atom is -0.468 e. The van der Waals surface area contributed by atoms with Gasteiger partial charge in [-0.05, 0) is 24.3 Å². The van der Waals surface area contributed by atoms with Crippen molar-refractivity contribution in [3.63, 3.8) is 0 Å². The van der Waals surface area contributed by atoms with Gasteiger partial charge in [0.15, 0.2) is 0 Å². The SMILES string of the molecule is c1ccc(CNCc2ccco2)nc1. The maximum absolute atomic E-state index is 5.19. The minimum atomic E-state index is 0.740. The zero-order valence-corrected chi connectivity index (χ0v) is 7.81. The Morgan fingerprint density at radius 3 is 2.86 bits per heavy atom. The summed E-state index contributed by atoms with van der Waals surface area (Å²) in [7, 11) is 0. The Hall–Kier alpha value is -1.61. The standard InChI is InChI=1S/C11H12N2O/c1-2-6-13-10(4-1)8-12-9-11-5-3-7-14-11/h1-7,12H,8-9H2. The van der Waals surface area contributed by atoms with Gasteiger partial charge in [0, 0.05) is 12.7 Å². The van der Waals surface area contributed by atoms with E-state index in [2.05, 4.69) is 10.3 Å². The number of pyridine rings is 1. The van der Waals surface area contributed by atoms with E-state index < -0.39 is 0 Å². The Balaban J connectivity index is 1.79. The summed E-state index contributed by atoms with van der Waals surface area (Å²) in [5.41, 5.74) is 1.04. The van der Waals surface area contributed by atoms with E-state index in [1.165, 1.54) is 0 Å². The van der Waals surface area contributed by atoms with Crippen LogP contribution in [0, 0.1) is 0 Å². The molecule has 0 radical (unpaired) electrons. The summed E-state index contributed by atoms with van der Waals surface area (Å²) in [5, 5.41) is 3.25. The second-order valence-electron chi connectivity index (χ2n) is 3.00. The van der Waals surface area contributed by atoms with Crippen molar-refractivity contribution in [1.29, 1.82) is 0 Å². The zero-order valence-electron chi connectivity index (χ0n) is 7.81. The minimum absolute atomic E-state index is 0.740. The first-order valence-corrected chi connectivity index (χ1v) is 4.58. The maximum atomic E-state index is 5.19. The molecule has 2 heterocycles. The number of furan rings is 1. The molecule has 2 rings (SSSR count). The lowest BCUT2D eigenvalue weighted by Crippen LogP contribution is -2.12. The lowest BCUT2D eigenvalue weighted by atomic mass is 10.3. The van der Waals surface area contributed by atoms with E-state index in [0.29, 0.717) is 0 Å². The highest BCUT2D eigenvalue weighted by Crippen LogP contribution is 1.99. The molecule has 0 saturated carbocycles. The number of hydrogen-bond acceptors (Lipinski definition) is 3. The summed E-state index contributed by atoms with van der Waals surface area (Å²) in [6.07, 6.45) is 3.47. The molecular weight excluding hydrogens is 176 g/mol. The molecule has 0 aliphatic heterocycles. The molecule has 2 aromatic rings. The molecule has 1 N–H and O–H groups in total. The van der Waals surface area contributed by atoms with Gasteiger partial charge in [-0.15, -0.1) is 0 Å². The molecule has 3 heteroatoms. The first-order chi connectivity index (χ1) is 6.95. The molecule has 0 atom stereocenters. The number of aromatic nitrogens is 1. The van der Waals surface area contributed by atoms with Crippen LogP contribution >= 0.6 is 0 Å². The molecule has 0 aliphatic carbocycles. The first kappa shape index (κ1) is 8.97. The van der Waals surface area contributed by atoms with Crippen molar-refractivity contribution in [3.05, 3.63) is 54.2 Å². The van der Waals surface area contributed by atoms with Crippen LogP contribution in [0.2, 0.25) is 0 Å². The molecule has 0 unspecified atom stereocenters. The average Bonchev–Trinajstić information content (AvgIpc) is 2.72. The monoisotopic (exact) mass is 188 g/mol. The summed E-state index contributed by atoms with van der Waals surface area (Å²) < 4.78 is 5.19. The number of rotatable bonds is 4. The van der Waals surface area contributed by atoms with Crippen LogP contribution in [0.25, 0.3) is 0 Å². The van der Waals surface area contributed by atoms with Crippen molar-refractivity contribution in [2.24, 2.45) is 0 Å². The van der Waals surface area contributed by atoms with Crippen molar-refractivity contribution in [2.75, 3.05) is 0 Å². The second kappa shape index (κ2) is 4.58. The summed E-state index contributed by atoms with van der Waals surface area (Å²) in [6.45, 7) is 1.51. The lowest BCUT2D eigenvalue weighted by molar-refractivity contribution is 0.482. The predicted molar refractivity (Wildman–Crippen MR) is 53.5 cm³/mol. The highest BCUT2D eigenvalue weighted by atomic mass is 16.3. The molecule has 14 heavy (non-hydrogen) atoms. The van der Waals surface area contributed by atoms with Crippen LogP contribution in [0.4, 0.5) is 0 Å². The van der Waals surface area contributed by atoms with E-state index in [-0.39, 0.29) is 0 Å². The van der Waals surface area contributed by atoms with Crippen LogP contribution in [0.5, 0.6) is 0 Å². The van der Waals surface area contributed by atoms with Crippen molar-refractivity contribution in [1.82, 2.24) is 10.3 Å². The summed E-state index contributed by atoms with van der Waals surface area (Å²) >= 11 is 0. The highest BCUT2D eigenvalue weighted by Gasteiger charge is 1.95. The maximum Gasteiger partial charge on any atom is 0.117 e. The molecule has 0 bridgehead atoms. The van der Waals surface area contributed by atoms with Crippen LogP contribution in [-0.4, -0.2) is 4.98 Å². The van der Waals surface area contributed by atoms with Crippen molar-refractivity contribution < 1.29 is 4.42 Å². The van der Waals surface area contributed by atoms with Crippen molar-refractivity contribution in [3.8, 4) is 0 Å². The van der Waals surface area contributed by atoms with Gasteiger partial charge in [-0.25, -0.2) is 0 Å². The van der Waals surface area contributed by atoms with Gasteiger partial charge in [0.1, 0.15) is 5.76 Å². The Morgan fingerprint density at radius 2 is 2.14 bits per heavy atom. The van der Waals surface area contributed by atoms with Crippen LogP contribution in [-0.2, 0) is 13.1 Å². The third-order valence-electron chi connectivity index (χ3n) is 1.91. The van der Waals surface area contributed by atoms with Crippen LogP contribution < -0.4 is 5.32 Å². The van der Waals surface area contributed by atoms with E-state index in [4.69, 9.17) is 4.42 Å². The summed E-state index contributed by atoms with van der Waals surface area (Å²) in [4.78, 5) is 4.20.